The third kappa shape index (κ3) is 3.06. The monoisotopic (exact) mass is 298 g/mol. The van der Waals surface area contributed by atoms with Crippen LogP contribution in [0.2, 0.25) is 0 Å². The smallest absolute Gasteiger partial charge is 0.421 e. The molecule has 2 unspecified atom stereocenters. The summed E-state index contributed by atoms with van der Waals surface area (Å²) in [6.07, 6.45) is -0.706. The molecule has 0 aromatic carbocycles. The Morgan fingerprint density at radius 2 is 2.17 bits per heavy atom. The first kappa shape index (κ1) is 15.1. The largest absolute Gasteiger partial charge is 0.480 e. The molecule has 0 radical (unpaired) electrons. The molecule has 0 aliphatic carbocycles. The van der Waals surface area contributed by atoms with Crippen molar-refractivity contribution in [3.63, 3.8) is 0 Å². The average molecular weight is 298 g/mol. The van der Waals surface area contributed by atoms with E-state index in [4.69, 9.17) is 5.11 Å². The van der Waals surface area contributed by atoms with E-state index in [2.05, 4.69) is 4.74 Å². The number of carboxylic acid groups (broad SMARTS) is 1. The first-order chi connectivity index (χ1) is 8.33. The Kier molecular flexibility index (Phi) is 4.82. The zero-order chi connectivity index (χ0) is 13.9. The summed E-state index contributed by atoms with van der Waals surface area (Å²) >= 11 is 1.22. The standard InChI is InChI=1S/C8H14N2O6S2/c1-3-6-10(5(4-17-6)7(11)12)18(14,15)9-8(13)16-2/h5-6H,3-4H2,1-2H3,(H,9,13)(H,11,12). The summed E-state index contributed by atoms with van der Waals surface area (Å²) < 4.78 is 30.5. The van der Waals surface area contributed by atoms with Crippen LogP contribution in [0.4, 0.5) is 4.79 Å². The van der Waals surface area contributed by atoms with Crippen molar-refractivity contribution in [1.82, 2.24) is 9.03 Å². The molecule has 8 nitrogen and oxygen atoms in total. The minimum Gasteiger partial charge on any atom is -0.480 e. The van der Waals surface area contributed by atoms with Crippen molar-refractivity contribution in [2.45, 2.75) is 24.8 Å². The van der Waals surface area contributed by atoms with Gasteiger partial charge in [0.25, 0.3) is 0 Å². The van der Waals surface area contributed by atoms with Gasteiger partial charge >= 0.3 is 22.3 Å². The summed E-state index contributed by atoms with van der Waals surface area (Å²) in [5.41, 5.74) is 0. The van der Waals surface area contributed by atoms with Gasteiger partial charge in [0.1, 0.15) is 6.04 Å². The van der Waals surface area contributed by atoms with Crippen molar-refractivity contribution < 1.29 is 27.9 Å². The highest BCUT2D eigenvalue weighted by Crippen LogP contribution is 2.33. The van der Waals surface area contributed by atoms with E-state index in [-0.39, 0.29) is 5.75 Å². The van der Waals surface area contributed by atoms with Crippen LogP contribution < -0.4 is 4.72 Å². The Morgan fingerprint density at radius 3 is 2.61 bits per heavy atom. The number of aliphatic carboxylic acids is 1. The van der Waals surface area contributed by atoms with Crippen LogP contribution in [0.3, 0.4) is 0 Å². The number of methoxy groups -OCH3 is 1. The quantitative estimate of drug-likeness (QED) is 0.740. The molecule has 0 bridgehead atoms. The number of nitrogens with zero attached hydrogens (tertiary/aromatic N) is 1. The fourth-order valence-electron chi connectivity index (χ4n) is 1.55. The fourth-order valence-corrected chi connectivity index (χ4v) is 4.76. The van der Waals surface area contributed by atoms with Crippen molar-refractivity contribution in [3.05, 3.63) is 0 Å². The number of thioether (sulfide) groups is 1. The Labute approximate surface area is 109 Å². The minimum absolute atomic E-state index is 0.149. The van der Waals surface area contributed by atoms with Crippen molar-refractivity contribution in [3.8, 4) is 0 Å². The summed E-state index contributed by atoms with van der Waals surface area (Å²) in [4.78, 5) is 22.0. The number of amides is 1. The third-order valence-electron chi connectivity index (χ3n) is 2.35. The highest BCUT2D eigenvalue weighted by molar-refractivity contribution is 8.01. The number of carbonyl (C=O) groups excluding carboxylic acids is 1. The average Bonchev–Trinajstić information content (AvgIpc) is 2.72. The molecule has 1 heterocycles. The number of nitrogens with one attached hydrogen (secondary N) is 1. The third-order valence-corrected chi connectivity index (χ3v) is 5.42. The van der Waals surface area contributed by atoms with Gasteiger partial charge in [0, 0.05) is 5.75 Å². The maximum atomic E-state index is 11.9. The number of carboxylic acids is 1. The van der Waals surface area contributed by atoms with Crippen molar-refractivity contribution >= 4 is 34.0 Å². The van der Waals surface area contributed by atoms with E-state index >= 15 is 0 Å². The molecule has 1 rings (SSSR count). The van der Waals surface area contributed by atoms with Gasteiger partial charge < -0.3 is 9.84 Å². The fraction of sp³-hybridized carbons (Fsp3) is 0.750. The van der Waals surface area contributed by atoms with Gasteiger partial charge in [-0.05, 0) is 6.42 Å². The SMILES string of the molecule is CCC1SCC(C(=O)O)N1S(=O)(=O)NC(=O)OC. The molecule has 1 saturated heterocycles. The molecule has 2 atom stereocenters. The lowest BCUT2D eigenvalue weighted by molar-refractivity contribution is -0.140. The van der Waals surface area contributed by atoms with E-state index in [0.29, 0.717) is 6.42 Å². The maximum absolute atomic E-state index is 11.9. The summed E-state index contributed by atoms with van der Waals surface area (Å²) in [5, 5.41) is 8.48. The predicted octanol–water partition coefficient (Wildman–Crippen LogP) is -0.175. The molecule has 1 amide bonds. The number of carbonyl (C=O) groups is 2. The number of hydrogen-bond donors (Lipinski definition) is 2. The molecule has 0 spiro atoms. The van der Waals surface area contributed by atoms with E-state index in [1.807, 2.05) is 0 Å². The van der Waals surface area contributed by atoms with Crippen LogP contribution in [0, 0.1) is 0 Å². The van der Waals surface area contributed by atoms with E-state index in [9.17, 15) is 18.0 Å². The second-order valence-electron chi connectivity index (χ2n) is 3.48. The van der Waals surface area contributed by atoms with Crippen molar-refractivity contribution in [2.24, 2.45) is 0 Å². The summed E-state index contributed by atoms with van der Waals surface area (Å²) in [5.74, 6) is -1.09. The minimum atomic E-state index is -4.22. The van der Waals surface area contributed by atoms with Crippen LogP contribution in [0.1, 0.15) is 13.3 Å². The Hall–Kier alpha value is -1.00. The Bertz CT molecular complexity index is 437. The lowest BCUT2D eigenvalue weighted by atomic mass is 10.3. The summed E-state index contributed by atoms with van der Waals surface area (Å²) in [6, 6.07) is -1.18. The molecule has 1 aliphatic rings. The molecule has 104 valence electrons. The zero-order valence-corrected chi connectivity index (χ0v) is 11.5. The van der Waals surface area contributed by atoms with Crippen LogP contribution in [0.5, 0.6) is 0 Å². The van der Waals surface area contributed by atoms with Gasteiger partial charge in [0.15, 0.2) is 0 Å². The van der Waals surface area contributed by atoms with Gasteiger partial charge in [0.05, 0.1) is 12.5 Å². The summed E-state index contributed by atoms with van der Waals surface area (Å²) in [6.45, 7) is 1.74. The van der Waals surface area contributed by atoms with Crippen LogP contribution in [-0.2, 0) is 19.7 Å². The molecule has 1 fully saturated rings. The number of ether oxygens (including phenoxy) is 1. The molecule has 18 heavy (non-hydrogen) atoms. The van der Waals surface area contributed by atoms with Gasteiger partial charge in [-0.15, -0.1) is 11.8 Å². The lowest BCUT2D eigenvalue weighted by Crippen LogP contribution is -2.51. The molecule has 0 aromatic rings. The Balaban J connectivity index is 3.00. The molecule has 0 aromatic heterocycles. The molecular weight excluding hydrogens is 284 g/mol. The van der Waals surface area contributed by atoms with E-state index < -0.39 is 33.7 Å². The van der Waals surface area contributed by atoms with Gasteiger partial charge in [-0.2, -0.15) is 12.7 Å². The number of rotatable bonds is 4. The first-order valence-corrected chi connectivity index (χ1v) is 7.56. The van der Waals surface area contributed by atoms with E-state index in [1.54, 1.807) is 11.6 Å². The van der Waals surface area contributed by atoms with Crippen LogP contribution in [0.25, 0.3) is 0 Å². The molecule has 1 aliphatic heterocycles. The van der Waals surface area contributed by atoms with Crippen molar-refractivity contribution in [2.75, 3.05) is 12.9 Å². The van der Waals surface area contributed by atoms with E-state index in [1.165, 1.54) is 11.8 Å². The second kappa shape index (κ2) is 5.76. The van der Waals surface area contributed by atoms with Gasteiger partial charge in [-0.25, -0.2) is 9.52 Å². The lowest BCUT2D eigenvalue weighted by Gasteiger charge is -2.25. The van der Waals surface area contributed by atoms with Crippen LogP contribution in [0.15, 0.2) is 0 Å². The van der Waals surface area contributed by atoms with Gasteiger partial charge in [-0.1, -0.05) is 6.92 Å². The zero-order valence-electron chi connectivity index (χ0n) is 9.82. The highest BCUT2D eigenvalue weighted by Gasteiger charge is 2.45. The number of hydrogen-bond acceptors (Lipinski definition) is 6. The highest BCUT2D eigenvalue weighted by atomic mass is 32.2. The predicted molar refractivity (Wildman–Crippen MR) is 64.3 cm³/mol. The summed E-state index contributed by atoms with van der Waals surface area (Å²) in [7, 11) is -3.20. The molecule has 2 N–H and O–H groups in total. The van der Waals surface area contributed by atoms with Crippen LogP contribution >= 0.6 is 11.8 Å². The van der Waals surface area contributed by atoms with Gasteiger partial charge in [0.2, 0.25) is 0 Å². The second-order valence-corrected chi connectivity index (χ2v) is 6.27. The Morgan fingerprint density at radius 1 is 1.56 bits per heavy atom. The van der Waals surface area contributed by atoms with Crippen molar-refractivity contribution in [1.29, 1.82) is 0 Å². The van der Waals surface area contributed by atoms with Crippen LogP contribution in [-0.4, -0.2) is 54.2 Å². The normalized spacial score (nSPS) is 24.8. The maximum Gasteiger partial charge on any atom is 0.421 e. The molecule has 0 saturated carbocycles. The first-order valence-electron chi connectivity index (χ1n) is 5.07. The van der Waals surface area contributed by atoms with Gasteiger partial charge in [-0.3, -0.25) is 4.79 Å². The van der Waals surface area contributed by atoms with E-state index in [0.717, 1.165) is 11.4 Å². The topological polar surface area (TPSA) is 113 Å². The molecule has 10 heteroatoms. The molecular formula is C8H14N2O6S2.